The molecule has 1 aromatic carbocycles. The molecule has 2 rings (SSSR count). The number of nitrogens with zero attached hydrogens (tertiary/aromatic N) is 2. The highest BCUT2D eigenvalue weighted by molar-refractivity contribution is 5.40. The van der Waals surface area contributed by atoms with Crippen molar-refractivity contribution in [3.8, 4) is 0 Å². The Balaban J connectivity index is 2.43. The molecule has 2 aromatic rings. The Hall–Kier alpha value is -1.61. The molecule has 3 heteroatoms. The van der Waals surface area contributed by atoms with Crippen LogP contribution in [-0.2, 0) is 7.05 Å². The number of hydrogen-bond acceptors (Lipinski definition) is 2. The van der Waals surface area contributed by atoms with Gasteiger partial charge in [-0.3, -0.25) is 4.68 Å². The molecule has 2 N–H and O–H groups in total. The number of hydrogen-bond donors (Lipinski definition) is 1. The third kappa shape index (κ3) is 2.24. The van der Waals surface area contributed by atoms with Gasteiger partial charge in [-0.25, -0.2) is 0 Å². The first-order chi connectivity index (χ1) is 7.99. The van der Waals surface area contributed by atoms with Gasteiger partial charge in [0.25, 0.3) is 0 Å². The second-order valence-electron chi connectivity index (χ2n) is 4.68. The van der Waals surface area contributed by atoms with Crippen molar-refractivity contribution in [2.75, 3.05) is 0 Å². The maximum atomic E-state index is 6.27. The van der Waals surface area contributed by atoms with Gasteiger partial charge in [-0.15, -0.1) is 0 Å². The highest BCUT2D eigenvalue weighted by atomic mass is 15.3. The molecule has 1 atom stereocenters. The molecule has 90 valence electrons. The molecule has 0 saturated heterocycles. The van der Waals surface area contributed by atoms with Crippen LogP contribution in [0.25, 0.3) is 0 Å². The number of aromatic nitrogens is 2. The van der Waals surface area contributed by atoms with E-state index in [9.17, 15) is 0 Å². The SMILES string of the molecule is Cc1cc(C)c(C(N)c2ccn(C)n2)cc1C. The fraction of sp³-hybridized carbons (Fsp3) is 0.357. The third-order valence-corrected chi connectivity index (χ3v) is 3.27. The summed E-state index contributed by atoms with van der Waals surface area (Å²) in [4.78, 5) is 0. The summed E-state index contributed by atoms with van der Waals surface area (Å²) in [5.74, 6) is 0. The fourth-order valence-corrected chi connectivity index (χ4v) is 2.08. The predicted molar refractivity (Wildman–Crippen MR) is 69.9 cm³/mol. The number of benzene rings is 1. The lowest BCUT2D eigenvalue weighted by Gasteiger charge is -2.15. The molecule has 1 aromatic heterocycles. The van der Waals surface area contributed by atoms with Crippen molar-refractivity contribution in [1.82, 2.24) is 9.78 Å². The minimum Gasteiger partial charge on any atom is -0.319 e. The Labute approximate surface area is 102 Å². The van der Waals surface area contributed by atoms with E-state index in [1.165, 1.54) is 16.7 Å². The molecule has 17 heavy (non-hydrogen) atoms. The number of aryl methyl sites for hydroxylation is 4. The monoisotopic (exact) mass is 229 g/mol. The summed E-state index contributed by atoms with van der Waals surface area (Å²) in [5.41, 5.74) is 12.2. The first kappa shape index (κ1) is 11.9. The molecule has 0 spiro atoms. The average molecular weight is 229 g/mol. The third-order valence-electron chi connectivity index (χ3n) is 3.27. The normalized spacial score (nSPS) is 12.8. The van der Waals surface area contributed by atoms with Gasteiger partial charge in [0, 0.05) is 13.2 Å². The quantitative estimate of drug-likeness (QED) is 0.859. The largest absolute Gasteiger partial charge is 0.319 e. The van der Waals surface area contributed by atoms with Crippen LogP contribution in [0.15, 0.2) is 24.4 Å². The van der Waals surface area contributed by atoms with Gasteiger partial charge in [0.1, 0.15) is 0 Å². The van der Waals surface area contributed by atoms with Crippen LogP contribution in [-0.4, -0.2) is 9.78 Å². The van der Waals surface area contributed by atoms with Gasteiger partial charge in [-0.05, 0) is 49.1 Å². The van der Waals surface area contributed by atoms with E-state index in [1.807, 2.05) is 19.3 Å². The summed E-state index contributed by atoms with van der Waals surface area (Å²) in [6.07, 6.45) is 1.92. The van der Waals surface area contributed by atoms with Crippen LogP contribution in [0.5, 0.6) is 0 Å². The molecule has 0 saturated carbocycles. The van der Waals surface area contributed by atoms with Gasteiger partial charge >= 0.3 is 0 Å². The summed E-state index contributed by atoms with van der Waals surface area (Å²) in [6.45, 7) is 6.34. The Morgan fingerprint density at radius 3 is 2.35 bits per heavy atom. The Bertz CT molecular complexity index is 540. The second-order valence-corrected chi connectivity index (χ2v) is 4.68. The van der Waals surface area contributed by atoms with E-state index in [0.717, 1.165) is 11.3 Å². The maximum Gasteiger partial charge on any atom is 0.0837 e. The van der Waals surface area contributed by atoms with Gasteiger partial charge in [0.15, 0.2) is 0 Å². The topological polar surface area (TPSA) is 43.8 Å². The lowest BCUT2D eigenvalue weighted by molar-refractivity contribution is 0.714. The van der Waals surface area contributed by atoms with Crippen LogP contribution in [0.2, 0.25) is 0 Å². The van der Waals surface area contributed by atoms with Crippen molar-refractivity contribution in [2.45, 2.75) is 26.8 Å². The summed E-state index contributed by atoms with van der Waals surface area (Å²) in [7, 11) is 1.91. The Kier molecular flexibility index (Phi) is 3.03. The van der Waals surface area contributed by atoms with Crippen molar-refractivity contribution >= 4 is 0 Å². The van der Waals surface area contributed by atoms with Crippen molar-refractivity contribution < 1.29 is 0 Å². The number of rotatable bonds is 2. The second kappa shape index (κ2) is 4.34. The van der Waals surface area contributed by atoms with Crippen LogP contribution < -0.4 is 5.73 Å². The van der Waals surface area contributed by atoms with E-state index in [0.29, 0.717) is 0 Å². The summed E-state index contributed by atoms with van der Waals surface area (Å²) in [5, 5.41) is 4.37. The van der Waals surface area contributed by atoms with Crippen LogP contribution in [0.1, 0.15) is 34.0 Å². The van der Waals surface area contributed by atoms with Gasteiger partial charge in [0.2, 0.25) is 0 Å². The summed E-state index contributed by atoms with van der Waals surface area (Å²) >= 11 is 0. The average Bonchev–Trinajstić information content (AvgIpc) is 2.69. The number of nitrogens with two attached hydrogens (primary N) is 1. The van der Waals surface area contributed by atoms with Crippen molar-refractivity contribution in [3.63, 3.8) is 0 Å². The van der Waals surface area contributed by atoms with Crippen LogP contribution in [0.3, 0.4) is 0 Å². The molecule has 0 bridgehead atoms. The van der Waals surface area contributed by atoms with E-state index >= 15 is 0 Å². The van der Waals surface area contributed by atoms with E-state index in [1.54, 1.807) is 4.68 Å². The standard InChI is InChI=1S/C14H19N3/c1-9-7-11(3)12(8-10(9)2)14(15)13-5-6-17(4)16-13/h5-8,14H,15H2,1-4H3. The minimum atomic E-state index is -0.143. The predicted octanol–water partition coefficient (Wildman–Crippen LogP) is 2.39. The van der Waals surface area contributed by atoms with Gasteiger partial charge in [0.05, 0.1) is 11.7 Å². The Morgan fingerprint density at radius 1 is 1.12 bits per heavy atom. The van der Waals surface area contributed by atoms with E-state index in [-0.39, 0.29) is 6.04 Å². The molecular weight excluding hydrogens is 210 g/mol. The molecule has 0 fully saturated rings. The van der Waals surface area contributed by atoms with E-state index in [2.05, 4.69) is 38.0 Å². The highest BCUT2D eigenvalue weighted by Crippen LogP contribution is 2.24. The van der Waals surface area contributed by atoms with Crippen molar-refractivity contribution in [2.24, 2.45) is 12.8 Å². The smallest absolute Gasteiger partial charge is 0.0837 e. The van der Waals surface area contributed by atoms with Crippen molar-refractivity contribution in [1.29, 1.82) is 0 Å². The zero-order chi connectivity index (χ0) is 12.6. The maximum absolute atomic E-state index is 6.27. The summed E-state index contributed by atoms with van der Waals surface area (Å²) in [6, 6.07) is 6.19. The van der Waals surface area contributed by atoms with E-state index in [4.69, 9.17) is 5.73 Å². The molecule has 0 amide bonds. The lowest BCUT2D eigenvalue weighted by atomic mass is 9.95. The molecule has 0 aliphatic rings. The first-order valence-electron chi connectivity index (χ1n) is 5.82. The summed E-state index contributed by atoms with van der Waals surface area (Å²) < 4.78 is 1.78. The van der Waals surface area contributed by atoms with Crippen LogP contribution in [0, 0.1) is 20.8 Å². The molecule has 1 unspecified atom stereocenters. The van der Waals surface area contributed by atoms with Crippen LogP contribution in [0.4, 0.5) is 0 Å². The fourth-order valence-electron chi connectivity index (χ4n) is 2.08. The molecule has 0 aliphatic heterocycles. The van der Waals surface area contributed by atoms with Crippen LogP contribution >= 0.6 is 0 Å². The lowest BCUT2D eigenvalue weighted by Crippen LogP contribution is -2.14. The zero-order valence-corrected chi connectivity index (χ0v) is 10.9. The zero-order valence-electron chi connectivity index (χ0n) is 10.9. The minimum absolute atomic E-state index is 0.143. The van der Waals surface area contributed by atoms with E-state index < -0.39 is 0 Å². The van der Waals surface area contributed by atoms with Crippen molar-refractivity contribution in [3.05, 3.63) is 52.3 Å². The molecular formula is C14H19N3. The molecule has 0 radical (unpaired) electrons. The van der Waals surface area contributed by atoms with Gasteiger partial charge in [-0.1, -0.05) is 12.1 Å². The first-order valence-corrected chi connectivity index (χ1v) is 5.82. The molecule has 1 heterocycles. The van der Waals surface area contributed by atoms with Gasteiger partial charge in [-0.2, -0.15) is 5.10 Å². The van der Waals surface area contributed by atoms with Gasteiger partial charge < -0.3 is 5.73 Å². The molecule has 3 nitrogen and oxygen atoms in total. The Morgan fingerprint density at radius 2 is 1.76 bits per heavy atom. The highest BCUT2D eigenvalue weighted by Gasteiger charge is 2.14. The molecule has 0 aliphatic carbocycles.